The number of carbonyl (C=O) groups is 2. The maximum atomic E-state index is 13.8. The molecule has 210 valence electrons. The van der Waals surface area contributed by atoms with Gasteiger partial charge >= 0.3 is 5.97 Å². The van der Waals surface area contributed by atoms with E-state index in [1.165, 1.54) is 5.52 Å². The SMILES string of the molecule is CCCN1CCc2nc3ccccc3c(C(=O)OC(CC)C(=O)Nc3ccc4c(c3)c3ccccc3n4CC)c2C1. The summed E-state index contributed by atoms with van der Waals surface area (Å²) in [6, 6.07) is 21.9. The number of pyridine rings is 1. The van der Waals surface area contributed by atoms with Gasteiger partial charge < -0.3 is 14.6 Å². The van der Waals surface area contributed by atoms with Gasteiger partial charge in [-0.25, -0.2) is 4.79 Å². The fourth-order valence-corrected chi connectivity index (χ4v) is 6.19. The van der Waals surface area contributed by atoms with Crippen LogP contribution in [0.25, 0.3) is 32.7 Å². The molecule has 0 spiro atoms. The molecule has 0 saturated heterocycles. The molecule has 1 unspecified atom stereocenters. The maximum Gasteiger partial charge on any atom is 0.340 e. The second-order valence-electron chi connectivity index (χ2n) is 10.7. The first-order valence-electron chi connectivity index (χ1n) is 14.7. The first-order chi connectivity index (χ1) is 20.0. The van der Waals surface area contributed by atoms with E-state index >= 15 is 0 Å². The van der Waals surface area contributed by atoms with Crippen molar-refractivity contribution in [2.75, 3.05) is 18.4 Å². The lowest BCUT2D eigenvalue weighted by Crippen LogP contribution is -2.35. The number of benzene rings is 3. The Labute approximate surface area is 240 Å². The molecule has 7 heteroatoms. The molecular weight excluding hydrogens is 512 g/mol. The normalized spacial score (nSPS) is 14.3. The molecule has 0 saturated carbocycles. The van der Waals surface area contributed by atoms with E-state index in [2.05, 4.69) is 40.8 Å². The molecule has 5 aromatic rings. The van der Waals surface area contributed by atoms with Crippen molar-refractivity contribution in [1.82, 2.24) is 14.5 Å². The molecule has 1 atom stereocenters. The molecule has 2 aromatic heterocycles. The number of ether oxygens (including phenoxy) is 1. The molecule has 1 aliphatic rings. The maximum absolute atomic E-state index is 13.8. The van der Waals surface area contributed by atoms with Crippen LogP contribution in [-0.2, 0) is 29.0 Å². The van der Waals surface area contributed by atoms with Crippen molar-refractivity contribution in [2.24, 2.45) is 0 Å². The molecule has 41 heavy (non-hydrogen) atoms. The van der Waals surface area contributed by atoms with Gasteiger partial charge in [0, 0.05) is 70.2 Å². The molecule has 7 nitrogen and oxygen atoms in total. The van der Waals surface area contributed by atoms with Crippen LogP contribution in [-0.4, -0.2) is 45.5 Å². The number of nitrogens with one attached hydrogen (secondary N) is 1. The standard InChI is InChI=1S/C34H36N4O3/c1-4-18-37-19-17-28-26(21-37)32(24-12-7-9-13-27(24)36-28)34(40)41-31(5-2)33(39)35-22-15-16-30-25(20-22)23-11-8-10-14-29(23)38(30)6-3/h7-16,20,31H,4-6,17-19,21H2,1-3H3,(H,35,39). The van der Waals surface area contributed by atoms with Crippen LogP contribution >= 0.6 is 0 Å². The zero-order valence-electron chi connectivity index (χ0n) is 23.9. The largest absolute Gasteiger partial charge is 0.449 e. The van der Waals surface area contributed by atoms with Gasteiger partial charge in [-0.3, -0.25) is 14.7 Å². The molecule has 1 N–H and O–H groups in total. The van der Waals surface area contributed by atoms with Crippen molar-refractivity contribution in [3.8, 4) is 0 Å². The highest BCUT2D eigenvalue weighted by molar-refractivity contribution is 6.10. The van der Waals surface area contributed by atoms with Gasteiger partial charge in [-0.1, -0.05) is 50.2 Å². The van der Waals surface area contributed by atoms with E-state index in [0.717, 1.165) is 70.9 Å². The molecule has 0 bridgehead atoms. The summed E-state index contributed by atoms with van der Waals surface area (Å²) in [5.41, 5.74) is 6.14. The lowest BCUT2D eigenvalue weighted by molar-refractivity contribution is -0.124. The zero-order valence-corrected chi connectivity index (χ0v) is 23.9. The molecule has 6 rings (SSSR count). The fraction of sp³-hybridized carbons (Fsp3) is 0.324. The second-order valence-corrected chi connectivity index (χ2v) is 10.7. The highest BCUT2D eigenvalue weighted by Gasteiger charge is 2.29. The van der Waals surface area contributed by atoms with E-state index in [1.807, 2.05) is 61.5 Å². The summed E-state index contributed by atoms with van der Waals surface area (Å²) in [4.78, 5) is 34.5. The lowest BCUT2D eigenvalue weighted by Gasteiger charge is -2.30. The van der Waals surface area contributed by atoms with Gasteiger partial charge in [-0.2, -0.15) is 0 Å². The second kappa shape index (κ2) is 11.3. The third kappa shape index (κ3) is 4.95. The minimum absolute atomic E-state index is 0.334. The highest BCUT2D eigenvalue weighted by Crippen LogP contribution is 2.32. The number of para-hydroxylation sites is 2. The summed E-state index contributed by atoms with van der Waals surface area (Å²) in [6.07, 6.45) is 1.27. The van der Waals surface area contributed by atoms with E-state index in [9.17, 15) is 9.59 Å². The van der Waals surface area contributed by atoms with Crippen LogP contribution in [0, 0.1) is 0 Å². The fourth-order valence-electron chi connectivity index (χ4n) is 6.19. The molecule has 1 aliphatic heterocycles. The minimum Gasteiger partial charge on any atom is -0.449 e. The van der Waals surface area contributed by atoms with Crippen molar-refractivity contribution in [1.29, 1.82) is 0 Å². The van der Waals surface area contributed by atoms with Crippen LogP contribution in [0.4, 0.5) is 5.69 Å². The van der Waals surface area contributed by atoms with Crippen LogP contribution in [0.1, 0.15) is 55.2 Å². The number of hydrogen-bond donors (Lipinski definition) is 1. The number of rotatable bonds is 8. The topological polar surface area (TPSA) is 76.5 Å². The number of aryl methyl sites for hydroxylation is 1. The third-order valence-corrected chi connectivity index (χ3v) is 8.14. The monoisotopic (exact) mass is 548 g/mol. The third-order valence-electron chi connectivity index (χ3n) is 8.14. The van der Waals surface area contributed by atoms with Crippen LogP contribution in [0.15, 0.2) is 66.7 Å². The highest BCUT2D eigenvalue weighted by atomic mass is 16.5. The number of aromatic nitrogens is 2. The van der Waals surface area contributed by atoms with Crippen LogP contribution < -0.4 is 5.32 Å². The van der Waals surface area contributed by atoms with Gasteiger partial charge in [0.2, 0.25) is 0 Å². The van der Waals surface area contributed by atoms with Crippen molar-refractivity contribution < 1.29 is 14.3 Å². The van der Waals surface area contributed by atoms with Crippen molar-refractivity contribution >= 4 is 50.3 Å². The summed E-state index contributed by atoms with van der Waals surface area (Å²) >= 11 is 0. The van der Waals surface area contributed by atoms with E-state index in [-0.39, 0.29) is 5.91 Å². The summed E-state index contributed by atoms with van der Waals surface area (Å²) in [5, 5.41) is 6.00. The number of anilines is 1. The molecule has 3 heterocycles. The van der Waals surface area contributed by atoms with Gasteiger partial charge in [-0.15, -0.1) is 0 Å². The Morgan fingerprint density at radius 3 is 2.49 bits per heavy atom. The molecule has 3 aromatic carbocycles. The summed E-state index contributed by atoms with van der Waals surface area (Å²) in [5.74, 6) is -0.805. The number of fused-ring (bicyclic) bond motifs is 5. The predicted molar refractivity (Wildman–Crippen MR) is 164 cm³/mol. The summed E-state index contributed by atoms with van der Waals surface area (Å²) < 4.78 is 8.24. The Kier molecular flexibility index (Phi) is 7.45. The van der Waals surface area contributed by atoms with E-state index in [1.54, 1.807) is 0 Å². The quantitative estimate of drug-likeness (QED) is 0.218. The summed E-state index contributed by atoms with van der Waals surface area (Å²) in [6.45, 7) is 9.54. The van der Waals surface area contributed by atoms with Gasteiger partial charge in [0.25, 0.3) is 5.91 Å². The zero-order chi connectivity index (χ0) is 28.5. The van der Waals surface area contributed by atoms with E-state index < -0.39 is 12.1 Å². The molecule has 1 amide bonds. The molecule has 0 fully saturated rings. The Morgan fingerprint density at radius 1 is 0.951 bits per heavy atom. The lowest BCUT2D eigenvalue weighted by atomic mass is 9.95. The molecular formula is C34H36N4O3. The Balaban J connectivity index is 1.28. The van der Waals surface area contributed by atoms with Crippen molar-refractivity contribution in [3.63, 3.8) is 0 Å². The van der Waals surface area contributed by atoms with E-state index in [0.29, 0.717) is 24.2 Å². The predicted octanol–water partition coefficient (Wildman–Crippen LogP) is 6.70. The Morgan fingerprint density at radius 2 is 1.71 bits per heavy atom. The van der Waals surface area contributed by atoms with Crippen molar-refractivity contribution in [2.45, 2.75) is 59.2 Å². The number of amides is 1. The van der Waals surface area contributed by atoms with Gasteiger partial charge in [0.15, 0.2) is 6.10 Å². The average molecular weight is 549 g/mol. The van der Waals surface area contributed by atoms with Gasteiger partial charge in [-0.05, 0) is 56.6 Å². The first-order valence-corrected chi connectivity index (χ1v) is 14.7. The first kappa shape index (κ1) is 27.0. The number of nitrogens with zero attached hydrogens (tertiary/aromatic N) is 3. The molecule has 0 radical (unpaired) electrons. The average Bonchev–Trinajstić information content (AvgIpc) is 3.31. The Bertz CT molecular complexity index is 1770. The van der Waals surface area contributed by atoms with Gasteiger partial charge in [0.05, 0.1) is 11.1 Å². The number of esters is 1. The molecule has 0 aliphatic carbocycles. The summed E-state index contributed by atoms with van der Waals surface area (Å²) in [7, 11) is 0. The van der Waals surface area contributed by atoms with Crippen molar-refractivity contribution in [3.05, 3.63) is 83.6 Å². The van der Waals surface area contributed by atoms with Gasteiger partial charge in [0.1, 0.15) is 0 Å². The van der Waals surface area contributed by atoms with Crippen LogP contribution in [0.2, 0.25) is 0 Å². The number of carbonyl (C=O) groups excluding carboxylic acids is 2. The minimum atomic E-state index is -0.923. The van der Waals surface area contributed by atoms with E-state index in [4.69, 9.17) is 9.72 Å². The Hall–Kier alpha value is -4.23. The van der Waals surface area contributed by atoms with Crippen LogP contribution in [0.3, 0.4) is 0 Å². The smallest absolute Gasteiger partial charge is 0.340 e. The number of hydrogen-bond acceptors (Lipinski definition) is 5. The van der Waals surface area contributed by atoms with Crippen LogP contribution in [0.5, 0.6) is 0 Å².